The number of hydrogen-bond acceptors (Lipinski definition) is 13. The molecule has 0 saturated carbocycles. The number of rotatable bonds is 10. The summed E-state index contributed by atoms with van der Waals surface area (Å²) in [4.78, 5) is 61.9. The van der Waals surface area contributed by atoms with Crippen LogP contribution in [0.4, 0.5) is 0 Å². The van der Waals surface area contributed by atoms with E-state index in [0.29, 0.717) is 10.7 Å². The lowest BCUT2D eigenvalue weighted by atomic mass is 9.98. The van der Waals surface area contributed by atoms with Crippen LogP contribution in [0.15, 0.2) is 25.4 Å². The molecule has 0 aromatic carbocycles. The number of aromatic carboxylic acids is 1. The highest BCUT2D eigenvalue weighted by molar-refractivity contribution is 8.01. The highest BCUT2D eigenvalue weighted by Gasteiger charge is 2.66. The van der Waals surface area contributed by atoms with Crippen molar-refractivity contribution in [2.24, 2.45) is 7.05 Å². The number of thioether (sulfide) groups is 3. The lowest BCUT2D eigenvalue weighted by molar-refractivity contribution is -0.192. The van der Waals surface area contributed by atoms with Gasteiger partial charge in [-0.15, -0.1) is 28.6 Å². The summed E-state index contributed by atoms with van der Waals surface area (Å²) in [7, 11) is 2.87. The summed E-state index contributed by atoms with van der Waals surface area (Å²) in [5.74, 6) is -3.95. The molecule has 1 saturated heterocycles. The number of ether oxygens (including phenoxy) is 1. The Morgan fingerprint density at radius 3 is 2.64 bits per heavy atom. The van der Waals surface area contributed by atoms with Crippen molar-refractivity contribution in [1.29, 1.82) is 0 Å². The van der Waals surface area contributed by atoms with Crippen LogP contribution in [-0.4, -0.2) is 98.9 Å². The minimum Gasteiger partial charge on any atom is -0.477 e. The largest absolute Gasteiger partial charge is 0.477 e. The molecule has 2 atom stereocenters. The van der Waals surface area contributed by atoms with Crippen LogP contribution in [-0.2, 0) is 26.2 Å². The normalized spacial score (nSPS) is 21.2. The average Bonchev–Trinajstić information content (AvgIpc) is 3.43. The molecule has 4 N–H and O–H groups in total. The minimum atomic E-state index is -1.80. The second-order valence-corrected chi connectivity index (χ2v) is 11.3. The standard InChI is InChI=1S/C17H17N7O8S4/c1-23-16(19-21-22-23)35-4-6-3-34-15-17(32-2,14(31)24(15)9(6)12(29)30)18-7(25)5-33-13-8(11(27)28)10(26)20-36-13/h15H,3-5H2,1-2H3,(H,18,25)(H,20,26)(H,27,28)(H,29,30)/t15-,17+/m1/s1. The Morgan fingerprint density at radius 1 is 1.28 bits per heavy atom. The van der Waals surface area contributed by atoms with Crippen LogP contribution in [0.25, 0.3) is 0 Å². The number of carbonyl (C=O) groups is 4. The Kier molecular flexibility index (Phi) is 7.46. The third-order valence-corrected chi connectivity index (χ3v) is 9.76. The van der Waals surface area contributed by atoms with E-state index in [1.165, 1.54) is 35.3 Å². The molecule has 2 aliphatic rings. The third-order valence-electron chi connectivity index (χ3n) is 5.13. The predicted octanol–water partition coefficient (Wildman–Crippen LogP) is -0.745. The number of aromatic nitrogens is 5. The zero-order chi connectivity index (χ0) is 26.2. The van der Waals surface area contributed by atoms with Crippen molar-refractivity contribution in [3.8, 4) is 0 Å². The summed E-state index contributed by atoms with van der Waals surface area (Å²) in [6, 6.07) is 0. The molecule has 0 spiro atoms. The van der Waals surface area contributed by atoms with E-state index in [2.05, 4.69) is 25.2 Å². The van der Waals surface area contributed by atoms with Gasteiger partial charge in [-0.1, -0.05) is 23.3 Å². The number of aromatic amines is 1. The van der Waals surface area contributed by atoms with Gasteiger partial charge in [-0.2, -0.15) is 0 Å². The van der Waals surface area contributed by atoms with Gasteiger partial charge in [-0.3, -0.25) is 23.7 Å². The van der Waals surface area contributed by atoms with E-state index in [-0.39, 0.29) is 27.2 Å². The molecule has 4 rings (SSSR count). The van der Waals surface area contributed by atoms with Gasteiger partial charge in [0.05, 0.1) is 9.96 Å². The van der Waals surface area contributed by atoms with Gasteiger partial charge < -0.3 is 20.3 Å². The number of tetrazole rings is 1. The van der Waals surface area contributed by atoms with E-state index < -0.39 is 46.0 Å². The van der Waals surface area contributed by atoms with E-state index in [9.17, 15) is 29.1 Å². The molecule has 0 radical (unpaired) electrons. The summed E-state index contributed by atoms with van der Waals surface area (Å²) >= 11 is 4.05. The number of carboxylic acids is 2. The number of aryl methyl sites for hydroxylation is 1. The van der Waals surface area contributed by atoms with Gasteiger partial charge in [0.25, 0.3) is 17.2 Å². The van der Waals surface area contributed by atoms with Crippen molar-refractivity contribution in [3.63, 3.8) is 0 Å². The van der Waals surface area contributed by atoms with Crippen LogP contribution in [0.3, 0.4) is 0 Å². The van der Waals surface area contributed by atoms with Crippen molar-refractivity contribution in [2.45, 2.75) is 20.5 Å². The van der Waals surface area contributed by atoms with Crippen LogP contribution >= 0.6 is 46.8 Å². The first-order chi connectivity index (χ1) is 17.1. The maximum absolute atomic E-state index is 13.2. The fourth-order valence-electron chi connectivity index (χ4n) is 3.50. The summed E-state index contributed by atoms with van der Waals surface area (Å²) in [5, 5.41) is 32.3. The van der Waals surface area contributed by atoms with Gasteiger partial charge >= 0.3 is 11.9 Å². The SMILES string of the molecule is CO[C@@]1(NC(=O)CSc2s[nH]c(=O)c2C(=O)O)C(=O)N2C(C(=O)O)=C(CSc3nnnn3C)CS[C@@H]21. The fraction of sp³-hybridized carbons (Fsp3) is 0.412. The molecule has 2 aliphatic heterocycles. The first-order valence-electron chi connectivity index (χ1n) is 9.80. The molecule has 0 bridgehead atoms. The van der Waals surface area contributed by atoms with Crippen LogP contribution in [0.2, 0.25) is 0 Å². The van der Waals surface area contributed by atoms with E-state index in [1.807, 2.05) is 0 Å². The van der Waals surface area contributed by atoms with Crippen LogP contribution < -0.4 is 10.9 Å². The van der Waals surface area contributed by atoms with Crippen LogP contribution in [0, 0.1) is 0 Å². The molecular formula is C17H17N7O8S4. The number of hydrogen-bond donors (Lipinski definition) is 4. The molecule has 19 heteroatoms. The van der Waals surface area contributed by atoms with Crippen molar-refractivity contribution in [1.82, 2.24) is 34.8 Å². The minimum absolute atomic E-state index is 0.110. The quantitative estimate of drug-likeness (QED) is 0.156. The number of nitrogens with one attached hydrogen (secondary N) is 2. The topological polar surface area (TPSA) is 210 Å². The van der Waals surface area contributed by atoms with Gasteiger partial charge in [0.15, 0.2) is 5.56 Å². The van der Waals surface area contributed by atoms with Gasteiger partial charge in [-0.05, 0) is 16.0 Å². The van der Waals surface area contributed by atoms with E-state index >= 15 is 0 Å². The number of methoxy groups -OCH3 is 1. The number of carboxylic acid groups (broad SMARTS) is 2. The second kappa shape index (κ2) is 10.2. The molecule has 0 aliphatic carbocycles. The van der Waals surface area contributed by atoms with E-state index in [0.717, 1.165) is 28.2 Å². The maximum Gasteiger partial charge on any atom is 0.352 e. The number of aliphatic carboxylic acids is 1. The number of carbonyl (C=O) groups excluding carboxylic acids is 2. The number of H-pyrrole nitrogens is 1. The molecule has 2 aromatic heterocycles. The third kappa shape index (κ3) is 4.51. The number of fused-ring (bicyclic) bond motifs is 1. The van der Waals surface area contributed by atoms with Crippen LogP contribution in [0.5, 0.6) is 0 Å². The smallest absolute Gasteiger partial charge is 0.352 e. The van der Waals surface area contributed by atoms with Crippen molar-refractivity contribution in [3.05, 3.63) is 27.2 Å². The second-order valence-electron chi connectivity index (χ2n) is 7.25. The number of nitrogens with zero attached hydrogens (tertiary/aromatic N) is 5. The Hall–Kier alpha value is -2.87. The zero-order valence-corrected chi connectivity index (χ0v) is 21.7. The van der Waals surface area contributed by atoms with Gasteiger partial charge in [0.1, 0.15) is 11.1 Å². The molecule has 36 heavy (non-hydrogen) atoms. The molecular weight excluding hydrogens is 558 g/mol. The first-order valence-corrected chi connectivity index (χ1v) is 13.6. The van der Waals surface area contributed by atoms with E-state index in [4.69, 9.17) is 9.84 Å². The van der Waals surface area contributed by atoms with Gasteiger partial charge in [0, 0.05) is 25.7 Å². The van der Waals surface area contributed by atoms with Crippen molar-refractivity contribution >= 4 is 70.6 Å². The monoisotopic (exact) mass is 575 g/mol. The Balaban J connectivity index is 1.48. The number of β-lactam (4-membered cyclic amide) rings is 1. The molecule has 15 nitrogen and oxygen atoms in total. The first kappa shape index (κ1) is 26.2. The number of amides is 2. The molecule has 2 amide bonds. The fourth-order valence-corrected chi connectivity index (χ4v) is 7.69. The molecule has 0 unspecified atom stereocenters. The molecule has 4 heterocycles. The summed E-state index contributed by atoms with van der Waals surface area (Å²) in [6.45, 7) is 0. The highest BCUT2D eigenvalue weighted by atomic mass is 32.2. The van der Waals surface area contributed by atoms with Gasteiger partial charge in [0.2, 0.25) is 11.1 Å². The summed E-state index contributed by atoms with van der Waals surface area (Å²) < 4.78 is 9.24. The Morgan fingerprint density at radius 2 is 2.03 bits per heavy atom. The predicted molar refractivity (Wildman–Crippen MR) is 128 cm³/mol. The van der Waals surface area contributed by atoms with Crippen LogP contribution in [0.1, 0.15) is 10.4 Å². The summed E-state index contributed by atoms with van der Waals surface area (Å²) in [6.07, 6.45) is 0. The molecule has 2 aromatic rings. The highest BCUT2D eigenvalue weighted by Crippen LogP contribution is 2.47. The molecule has 192 valence electrons. The molecule has 1 fully saturated rings. The summed E-state index contributed by atoms with van der Waals surface area (Å²) in [5.41, 5.74) is -2.74. The maximum atomic E-state index is 13.2. The lowest BCUT2D eigenvalue weighted by Gasteiger charge is -2.55. The van der Waals surface area contributed by atoms with Crippen molar-refractivity contribution in [2.75, 3.05) is 24.4 Å². The van der Waals surface area contributed by atoms with E-state index in [1.54, 1.807) is 7.05 Å². The lowest BCUT2D eigenvalue weighted by Crippen LogP contribution is -2.80. The Bertz CT molecular complexity index is 1340. The van der Waals surface area contributed by atoms with Gasteiger partial charge in [-0.25, -0.2) is 14.3 Å². The average molecular weight is 576 g/mol. The Labute approximate surface area is 218 Å². The zero-order valence-electron chi connectivity index (χ0n) is 18.4. The van der Waals surface area contributed by atoms with Crippen molar-refractivity contribution < 1.29 is 34.1 Å².